The molecule has 2 aliphatic rings. The quantitative estimate of drug-likeness (QED) is 0.526. The van der Waals surface area contributed by atoms with Crippen molar-refractivity contribution in [2.45, 2.75) is 30.4 Å². The van der Waals surface area contributed by atoms with Gasteiger partial charge in [-0.15, -0.1) is 0 Å². The fraction of sp³-hybridized carbons (Fsp3) is 0.346. The van der Waals surface area contributed by atoms with Crippen LogP contribution in [0.5, 0.6) is 0 Å². The van der Waals surface area contributed by atoms with Crippen LogP contribution in [0.4, 0.5) is 0 Å². The summed E-state index contributed by atoms with van der Waals surface area (Å²) in [5.74, 6) is -1.15. The van der Waals surface area contributed by atoms with Crippen molar-refractivity contribution in [1.29, 1.82) is 0 Å². The van der Waals surface area contributed by atoms with Gasteiger partial charge in [0.25, 0.3) is 5.91 Å². The molecular formula is C26H27N3O6S. The maximum Gasteiger partial charge on any atom is 0.359 e. The first kappa shape index (κ1) is 24.2. The molecule has 1 aromatic heterocycles. The third-order valence-electron chi connectivity index (χ3n) is 6.67. The molecule has 5 rings (SSSR count). The zero-order valence-corrected chi connectivity index (χ0v) is 20.7. The molecule has 1 atom stereocenters. The number of hydrogen-bond donors (Lipinski definition) is 1. The van der Waals surface area contributed by atoms with E-state index >= 15 is 0 Å². The first-order valence-corrected chi connectivity index (χ1v) is 13.6. The van der Waals surface area contributed by atoms with Crippen LogP contribution in [0, 0.1) is 5.92 Å². The van der Waals surface area contributed by atoms with Crippen LogP contribution < -0.4 is 0 Å². The maximum atomic E-state index is 13.3. The first-order chi connectivity index (χ1) is 17.3. The molecule has 3 aromatic rings. The number of nitrogens with zero attached hydrogens (tertiary/aromatic N) is 3. The number of esters is 1. The molecule has 9 nitrogen and oxygen atoms in total. The van der Waals surface area contributed by atoms with Gasteiger partial charge < -0.3 is 14.7 Å². The van der Waals surface area contributed by atoms with Crippen molar-refractivity contribution in [1.82, 2.24) is 14.7 Å². The van der Waals surface area contributed by atoms with Crippen molar-refractivity contribution < 1.29 is 27.9 Å². The highest BCUT2D eigenvalue weighted by molar-refractivity contribution is 7.90. The molecular weight excluding hydrogens is 482 g/mol. The summed E-state index contributed by atoms with van der Waals surface area (Å²) in [7, 11) is -3.68. The summed E-state index contributed by atoms with van der Waals surface area (Å²) < 4.78 is 32.8. The van der Waals surface area contributed by atoms with E-state index in [0.29, 0.717) is 35.6 Å². The predicted octanol–water partition coefficient (Wildman–Crippen LogP) is 2.85. The van der Waals surface area contributed by atoms with Crippen molar-refractivity contribution >= 4 is 21.7 Å². The van der Waals surface area contributed by atoms with Gasteiger partial charge in [-0.2, -0.15) is 5.10 Å². The van der Waals surface area contributed by atoms with Gasteiger partial charge in [0.05, 0.1) is 28.6 Å². The number of piperidine rings is 1. The smallest absolute Gasteiger partial charge is 0.359 e. The standard InChI is InChI=1S/C26H27N3O6S/c1-2-35-26(32)23-21-16-36(33,34)22-11-4-3-10-20(22)24(21)29(27-23)19-9-5-8-18(13-19)25(31)28-12-6-7-17(14-28)15-30/h3-5,8-11,13,17,30H,2,6-7,12,14-16H2,1H3. The largest absolute Gasteiger partial charge is 0.461 e. The van der Waals surface area contributed by atoms with E-state index in [0.717, 1.165) is 12.8 Å². The second-order valence-electron chi connectivity index (χ2n) is 9.06. The zero-order valence-electron chi connectivity index (χ0n) is 19.9. The first-order valence-electron chi connectivity index (χ1n) is 12.0. The Bertz CT molecular complexity index is 1450. The van der Waals surface area contributed by atoms with Crippen LogP contribution in [0.3, 0.4) is 0 Å². The number of ether oxygens (including phenoxy) is 1. The van der Waals surface area contributed by atoms with Crippen LogP contribution in [-0.4, -0.2) is 66.4 Å². The SMILES string of the molecule is CCOC(=O)c1nn(-c2cccc(C(=O)N3CCCC(CO)C3)c2)c2c1CS(=O)(=O)c1ccccc1-2. The summed E-state index contributed by atoms with van der Waals surface area (Å²) in [6.07, 6.45) is 1.72. The molecule has 0 aliphatic carbocycles. The summed E-state index contributed by atoms with van der Waals surface area (Å²) >= 11 is 0. The van der Waals surface area contributed by atoms with E-state index < -0.39 is 15.8 Å². The Hall–Kier alpha value is -3.50. The van der Waals surface area contributed by atoms with E-state index in [1.54, 1.807) is 60.4 Å². The molecule has 0 radical (unpaired) electrons. The molecule has 1 N–H and O–H groups in total. The Morgan fingerprint density at radius 1 is 1.17 bits per heavy atom. The fourth-order valence-corrected chi connectivity index (χ4v) is 6.56. The number of amides is 1. The van der Waals surface area contributed by atoms with Crippen LogP contribution >= 0.6 is 0 Å². The van der Waals surface area contributed by atoms with Gasteiger partial charge in [-0.05, 0) is 49.9 Å². The van der Waals surface area contributed by atoms with Crippen molar-refractivity contribution in [3.05, 3.63) is 65.4 Å². The van der Waals surface area contributed by atoms with Gasteiger partial charge in [0.2, 0.25) is 0 Å². The average Bonchev–Trinajstić information content (AvgIpc) is 3.27. The highest BCUT2D eigenvalue weighted by Gasteiger charge is 2.36. The second kappa shape index (κ2) is 9.51. The average molecular weight is 510 g/mol. The van der Waals surface area contributed by atoms with Gasteiger partial charge in [-0.25, -0.2) is 17.9 Å². The number of benzene rings is 2. The minimum absolute atomic E-state index is 0.0438. The lowest BCUT2D eigenvalue weighted by atomic mass is 9.98. The molecule has 10 heteroatoms. The molecule has 0 bridgehead atoms. The van der Waals surface area contributed by atoms with Gasteiger partial charge >= 0.3 is 5.97 Å². The zero-order chi connectivity index (χ0) is 25.4. The number of aliphatic hydroxyl groups is 1. The van der Waals surface area contributed by atoms with E-state index in [2.05, 4.69) is 5.10 Å². The molecule has 188 valence electrons. The summed E-state index contributed by atoms with van der Waals surface area (Å²) in [5.41, 5.74) is 2.14. The van der Waals surface area contributed by atoms with E-state index in [1.165, 1.54) is 4.68 Å². The molecule has 36 heavy (non-hydrogen) atoms. The molecule has 1 fully saturated rings. The van der Waals surface area contributed by atoms with Crippen LogP contribution in [0.15, 0.2) is 53.4 Å². The van der Waals surface area contributed by atoms with Crippen LogP contribution in [0.1, 0.15) is 46.2 Å². The third-order valence-corrected chi connectivity index (χ3v) is 8.36. The number of carbonyl (C=O) groups excluding carboxylic acids is 2. The molecule has 1 unspecified atom stereocenters. The lowest BCUT2D eigenvalue weighted by Gasteiger charge is -2.32. The Morgan fingerprint density at radius 2 is 1.97 bits per heavy atom. The number of aromatic nitrogens is 2. The van der Waals surface area contributed by atoms with Crippen LogP contribution in [0.25, 0.3) is 16.9 Å². The van der Waals surface area contributed by atoms with Gasteiger partial charge in [0.15, 0.2) is 15.5 Å². The minimum Gasteiger partial charge on any atom is -0.461 e. The minimum atomic E-state index is -3.68. The molecule has 1 amide bonds. The number of aliphatic hydroxyl groups excluding tert-OH is 1. The van der Waals surface area contributed by atoms with Crippen LogP contribution in [0.2, 0.25) is 0 Å². The van der Waals surface area contributed by atoms with E-state index in [4.69, 9.17) is 4.74 Å². The normalized spacial score (nSPS) is 18.3. The van der Waals surface area contributed by atoms with E-state index in [1.807, 2.05) is 0 Å². The van der Waals surface area contributed by atoms with Crippen molar-refractivity contribution in [3.63, 3.8) is 0 Å². The molecule has 1 saturated heterocycles. The Labute approximate surface area is 209 Å². The fourth-order valence-electron chi connectivity index (χ4n) is 4.97. The number of likely N-dealkylation sites (tertiary alicyclic amines) is 1. The Balaban J connectivity index is 1.63. The molecule has 3 heterocycles. The number of rotatable bonds is 5. The Morgan fingerprint density at radius 3 is 2.75 bits per heavy atom. The molecule has 0 spiro atoms. The van der Waals surface area contributed by atoms with Gasteiger partial charge in [0, 0.05) is 36.4 Å². The van der Waals surface area contributed by atoms with E-state index in [-0.39, 0.29) is 46.9 Å². The maximum absolute atomic E-state index is 13.3. The monoisotopic (exact) mass is 509 g/mol. The third kappa shape index (κ3) is 4.20. The number of fused-ring (bicyclic) bond motifs is 3. The number of sulfone groups is 1. The molecule has 2 aliphatic heterocycles. The number of carbonyl (C=O) groups is 2. The van der Waals surface area contributed by atoms with Gasteiger partial charge in [0.1, 0.15) is 0 Å². The topological polar surface area (TPSA) is 119 Å². The summed E-state index contributed by atoms with van der Waals surface area (Å²) in [5, 5.41) is 14.0. The Kier molecular flexibility index (Phi) is 6.40. The lowest BCUT2D eigenvalue weighted by molar-refractivity contribution is 0.0517. The van der Waals surface area contributed by atoms with Crippen LogP contribution in [-0.2, 0) is 20.3 Å². The number of hydrogen-bond acceptors (Lipinski definition) is 7. The summed E-state index contributed by atoms with van der Waals surface area (Å²) in [4.78, 5) is 27.9. The van der Waals surface area contributed by atoms with Crippen molar-refractivity contribution in [2.75, 3.05) is 26.3 Å². The molecule has 0 saturated carbocycles. The predicted molar refractivity (Wildman–Crippen MR) is 132 cm³/mol. The van der Waals surface area contributed by atoms with Gasteiger partial charge in [-0.1, -0.05) is 24.3 Å². The van der Waals surface area contributed by atoms with E-state index in [9.17, 15) is 23.1 Å². The lowest BCUT2D eigenvalue weighted by Crippen LogP contribution is -2.40. The van der Waals surface area contributed by atoms with Crippen molar-refractivity contribution in [2.24, 2.45) is 5.92 Å². The highest BCUT2D eigenvalue weighted by atomic mass is 32.2. The summed E-state index contributed by atoms with van der Waals surface area (Å²) in [6.45, 7) is 2.95. The summed E-state index contributed by atoms with van der Waals surface area (Å²) in [6, 6.07) is 13.5. The highest BCUT2D eigenvalue weighted by Crippen LogP contribution is 2.40. The van der Waals surface area contributed by atoms with Gasteiger partial charge in [-0.3, -0.25) is 4.79 Å². The second-order valence-corrected chi connectivity index (χ2v) is 11.0. The van der Waals surface area contributed by atoms with Crippen molar-refractivity contribution in [3.8, 4) is 16.9 Å². The molecule has 2 aromatic carbocycles.